The molecule has 106 valence electrons. The summed E-state index contributed by atoms with van der Waals surface area (Å²) in [4.78, 5) is 0. The van der Waals surface area contributed by atoms with E-state index in [2.05, 4.69) is 22.9 Å². The molecule has 0 radical (unpaired) electrons. The quantitative estimate of drug-likeness (QED) is 0.793. The molecule has 1 saturated carbocycles. The lowest BCUT2D eigenvalue weighted by atomic mass is 9.77. The predicted octanol–water partition coefficient (Wildman–Crippen LogP) is 5.22. The number of benzene rings is 1. The monoisotopic (exact) mass is 344 g/mol. The zero-order chi connectivity index (χ0) is 13.8. The summed E-state index contributed by atoms with van der Waals surface area (Å²) in [5.41, 5.74) is 1.05. The van der Waals surface area contributed by atoms with Crippen molar-refractivity contribution in [3.8, 4) is 0 Å². The van der Waals surface area contributed by atoms with Gasteiger partial charge in [0.15, 0.2) is 0 Å². The molecule has 0 aliphatic heterocycles. The Balaban J connectivity index is 1.92. The molecule has 0 spiro atoms. The molecule has 1 aromatic rings. The van der Waals surface area contributed by atoms with Gasteiger partial charge in [-0.1, -0.05) is 59.8 Å². The van der Waals surface area contributed by atoms with Gasteiger partial charge in [-0.15, -0.1) is 0 Å². The molecular weight excluding hydrogens is 324 g/mol. The molecule has 0 saturated heterocycles. The summed E-state index contributed by atoms with van der Waals surface area (Å²) in [5, 5.41) is 11.2. The number of aliphatic hydroxyl groups excluding tert-OH is 1. The van der Waals surface area contributed by atoms with E-state index in [-0.39, 0.29) is 6.10 Å². The van der Waals surface area contributed by atoms with Crippen LogP contribution < -0.4 is 0 Å². The zero-order valence-corrected chi connectivity index (χ0v) is 13.8. The van der Waals surface area contributed by atoms with Crippen LogP contribution in [-0.4, -0.2) is 11.2 Å². The van der Waals surface area contributed by atoms with Gasteiger partial charge in [0, 0.05) is 15.9 Å². The lowest BCUT2D eigenvalue weighted by molar-refractivity contribution is 0.0735. The van der Waals surface area contributed by atoms with Crippen LogP contribution in [0.3, 0.4) is 0 Å². The Kier molecular flexibility index (Phi) is 5.73. The Morgan fingerprint density at radius 3 is 2.58 bits per heavy atom. The van der Waals surface area contributed by atoms with Crippen LogP contribution in [0.4, 0.5) is 0 Å². The highest BCUT2D eigenvalue weighted by atomic mass is 79.9. The minimum atomic E-state index is -0.253. The Morgan fingerprint density at radius 1 is 1.32 bits per heavy atom. The van der Waals surface area contributed by atoms with Gasteiger partial charge in [0.05, 0.1) is 6.10 Å². The van der Waals surface area contributed by atoms with Crippen molar-refractivity contribution >= 4 is 27.5 Å². The molecule has 2 rings (SSSR count). The molecule has 0 amide bonds. The van der Waals surface area contributed by atoms with E-state index < -0.39 is 0 Å². The fourth-order valence-corrected chi connectivity index (χ4v) is 3.81. The van der Waals surface area contributed by atoms with Crippen molar-refractivity contribution in [1.82, 2.24) is 0 Å². The normalized spacial score (nSPS) is 25.3. The molecule has 1 fully saturated rings. The first kappa shape index (κ1) is 15.3. The number of hydrogen-bond acceptors (Lipinski definition) is 1. The fourth-order valence-electron chi connectivity index (χ4n) is 3.06. The first-order valence-electron chi connectivity index (χ1n) is 7.22. The van der Waals surface area contributed by atoms with Crippen LogP contribution in [0.25, 0.3) is 0 Å². The fraction of sp³-hybridized carbons (Fsp3) is 0.625. The Bertz CT molecular complexity index is 413. The van der Waals surface area contributed by atoms with E-state index in [0.29, 0.717) is 12.3 Å². The van der Waals surface area contributed by atoms with Crippen molar-refractivity contribution in [3.05, 3.63) is 33.3 Å². The minimum absolute atomic E-state index is 0.253. The maximum Gasteiger partial charge on any atom is 0.0609 e. The molecule has 1 atom stereocenters. The van der Waals surface area contributed by atoms with Gasteiger partial charge in [-0.3, -0.25) is 0 Å². The molecule has 19 heavy (non-hydrogen) atoms. The van der Waals surface area contributed by atoms with Crippen molar-refractivity contribution in [2.24, 2.45) is 11.8 Å². The van der Waals surface area contributed by atoms with Gasteiger partial charge in [0.1, 0.15) is 0 Å². The number of halogens is 2. The van der Waals surface area contributed by atoms with E-state index in [9.17, 15) is 5.11 Å². The molecule has 0 bridgehead atoms. The molecule has 3 heteroatoms. The van der Waals surface area contributed by atoms with E-state index in [1.807, 2.05) is 18.2 Å². The Morgan fingerprint density at radius 2 is 2.00 bits per heavy atom. The van der Waals surface area contributed by atoms with E-state index in [4.69, 9.17) is 11.6 Å². The smallest absolute Gasteiger partial charge is 0.0609 e. The molecule has 1 aromatic carbocycles. The summed E-state index contributed by atoms with van der Waals surface area (Å²) < 4.78 is 0.985. The summed E-state index contributed by atoms with van der Waals surface area (Å²) in [5.74, 6) is 1.32. The number of hydrogen-bond donors (Lipinski definition) is 1. The van der Waals surface area contributed by atoms with Crippen LogP contribution >= 0.6 is 27.5 Å². The highest BCUT2D eigenvalue weighted by Gasteiger charge is 2.26. The summed E-state index contributed by atoms with van der Waals surface area (Å²) in [6, 6.07) is 5.90. The van der Waals surface area contributed by atoms with Crippen LogP contribution in [0, 0.1) is 11.8 Å². The maximum absolute atomic E-state index is 10.4. The van der Waals surface area contributed by atoms with Crippen LogP contribution in [0.5, 0.6) is 0 Å². The molecule has 1 aliphatic rings. The molecule has 0 aromatic heterocycles. The predicted molar refractivity (Wildman–Crippen MR) is 84.6 cm³/mol. The standard InChI is InChI=1S/C16H22BrClO/c1-2-11-3-5-12(6-4-11)16(19)9-13-7-8-14(17)10-15(13)18/h7-8,10-12,16,19H,2-6,9H2,1H3. The van der Waals surface area contributed by atoms with Crippen LogP contribution in [-0.2, 0) is 6.42 Å². The van der Waals surface area contributed by atoms with Gasteiger partial charge < -0.3 is 5.11 Å². The van der Waals surface area contributed by atoms with Crippen molar-refractivity contribution in [2.45, 2.75) is 51.6 Å². The average molecular weight is 346 g/mol. The summed E-state index contributed by atoms with van der Waals surface area (Å²) in [7, 11) is 0. The van der Waals surface area contributed by atoms with Gasteiger partial charge in [-0.2, -0.15) is 0 Å². The lowest BCUT2D eigenvalue weighted by Crippen LogP contribution is -2.27. The van der Waals surface area contributed by atoms with Gasteiger partial charge in [0.2, 0.25) is 0 Å². The maximum atomic E-state index is 10.4. The van der Waals surface area contributed by atoms with Gasteiger partial charge in [-0.05, 0) is 42.4 Å². The van der Waals surface area contributed by atoms with Gasteiger partial charge in [-0.25, -0.2) is 0 Å². The second-order valence-electron chi connectivity index (χ2n) is 5.70. The van der Waals surface area contributed by atoms with E-state index in [1.54, 1.807) is 0 Å². The zero-order valence-electron chi connectivity index (χ0n) is 11.4. The minimum Gasteiger partial charge on any atom is -0.392 e. The Labute approximate surface area is 129 Å². The van der Waals surface area contributed by atoms with Crippen molar-refractivity contribution in [3.63, 3.8) is 0 Å². The average Bonchev–Trinajstić information content (AvgIpc) is 2.42. The van der Waals surface area contributed by atoms with Crippen LogP contribution in [0.2, 0.25) is 5.02 Å². The van der Waals surface area contributed by atoms with Gasteiger partial charge in [0.25, 0.3) is 0 Å². The van der Waals surface area contributed by atoms with Crippen LogP contribution in [0.15, 0.2) is 22.7 Å². The summed E-state index contributed by atoms with van der Waals surface area (Å²) in [6.07, 6.45) is 6.56. The number of rotatable bonds is 4. The SMILES string of the molecule is CCC1CCC(C(O)Cc2ccc(Br)cc2Cl)CC1. The highest BCUT2D eigenvalue weighted by molar-refractivity contribution is 9.10. The highest BCUT2D eigenvalue weighted by Crippen LogP contribution is 2.34. The first-order valence-corrected chi connectivity index (χ1v) is 8.39. The Hall–Kier alpha value is -0.0500. The molecule has 1 unspecified atom stereocenters. The van der Waals surface area contributed by atoms with Crippen molar-refractivity contribution < 1.29 is 5.11 Å². The van der Waals surface area contributed by atoms with E-state index in [0.717, 1.165) is 33.8 Å². The van der Waals surface area contributed by atoms with Crippen LogP contribution in [0.1, 0.15) is 44.6 Å². The van der Waals surface area contributed by atoms with E-state index in [1.165, 1.54) is 19.3 Å². The molecule has 1 N–H and O–H groups in total. The lowest BCUT2D eigenvalue weighted by Gasteiger charge is -2.31. The largest absolute Gasteiger partial charge is 0.392 e. The topological polar surface area (TPSA) is 20.2 Å². The molecule has 1 aliphatic carbocycles. The summed E-state index contributed by atoms with van der Waals surface area (Å²) >= 11 is 9.62. The summed E-state index contributed by atoms with van der Waals surface area (Å²) in [6.45, 7) is 2.27. The third kappa shape index (κ3) is 4.21. The van der Waals surface area contributed by atoms with Crippen molar-refractivity contribution in [1.29, 1.82) is 0 Å². The molecule has 1 nitrogen and oxygen atoms in total. The molecule has 0 heterocycles. The second kappa shape index (κ2) is 7.10. The van der Waals surface area contributed by atoms with E-state index >= 15 is 0 Å². The third-order valence-electron chi connectivity index (χ3n) is 4.46. The van der Waals surface area contributed by atoms with Crippen molar-refractivity contribution in [2.75, 3.05) is 0 Å². The first-order chi connectivity index (χ1) is 9.10. The number of aliphatic hydroxyl groups is 1. The second-order valence-corrected chi connectivity index (χ2v) is 7.02. The third-order valence-corrected chi connectivity index (χ3v) is 5.30. The van der Waals surface area contributed by atoms with Gasteiger partial charge >= 0.3 is 0 Å². The molecular formula is C16H22BrClO.